The van der Waals surface area contributed by atoms with Crippen LogP contribution in [0.3, 0.4) is 0 Å². The van der Waals surface area contributed by atoms with Gasteiger partial charge in [-0.1, -0.05) is 141 Å². The fourth-order valence-electron chi connectivity index (χ4n) is 5.82. The van der Waals surface area contributed by atoms with E-state index in [-0.39, 0.29) is 12.1 Å². The Balaban J connectivity index is 1.48. The van der Waals surface area contributed by atoms with Crippen LogP contribution in [0.5, 0.6) is 0 Å². The zero-order valence-corrected chi connectivity index (χ0v) is 28.8. The molecule has 0 radical (unpaired) electrons. The molecular formula is C39H58N2O2S. The van der Waals surface area contributed by atoms with Crippen molar-refractivity contribution in [1.29, 1.82) is 0 Å². The molecule has 3 rings (SSSR count). The van der Waals surface area contributed by atoms with Gasteiger partial charge in [0.15, 0.2) is 5.82 Å². The van der Waals surface area contributed by atoms with E-state index in [0.29, 0.717) is 4.88 Å². The van der Waals surface area contributed by atoms with Gasteiger partial charge in [-0.05, 0) is 54.7 Å². The number of hydrogen-bond donors (Lipinski definition) is 0. The molecule has 1 unspecified atom stereocenters. The second-order valence-corrected chi connectivity index (χ2v) is 13.4. The van der Waals surface area contributed by atoms with E-state index < -0.39 is 0 Å². The molecule has 0 aliphatic rings. The van der Waals surface area contributed by atoms with E-state index in [1.165, 1.54) is 107 Å². The Morgan fingerprint density at radius 3 is 1.80 bits per heavy atom. The Morgan fingerprint density at radius 2 is 1.18 bits per heavy atom. The first-order valence-electron chi connectivity index (χ1n) is 17.9. The molecule has 5 heteroatoms. The van der Waals surface area contributed by atoms with Crippen molar-refractivity contribution in [2.24, 2.45) is 0 Å². The van der Waals surface area contributed by atoms with E-state index in [2.05, 4.69) is 55.0 Å². The van der Waals surface area contributed by atoms with Crippen molar-refractivity contribution in [1.82, 2.24) is 9.97 Å². The van der Waals surface area contributed by atoms with Gasteiger partial charge in [-0.2, -0.15) is 0 Å². The number of hydrogen-bond acceptors (Lipinski definition) is 5. The third-order valence-corrected chi connectivity index (χ3v) is 9.51. The Labute approximate surface area is 272 Å². The lowest BCUT2D eigenvalue weighted by atomic mass is 10.0. The van der Waals surface area contributed by atoms with Crippen molar-refractivity contribution in [3.63, 3.8) is 0 Å². The predicted molar refractivity (Wildman–Crippen MR) is 188 cm³/mol. The third-order valence-electron chi connectivity index (χ3n) is 8.61. The highest BCUT2D eigenvalue weighted by molar-refractivity contribution is 7.12. The molecule has 0 amide bonds. The molecule has 2 heterocycles. The van der Waals surface area contributed by atoms with Crippen LogP contribution in [-0.2, 0) is 11.2 Å². The molecular weight excluding hydrogens is 561 g/mol. The molecule has 2 aromatic heterocycles. The zero-order valence-electron chi connectivity index (χ0n) is 28.0. The van der Waals surface area contributed by atoms with Crippen LogP contribution in [0.4, 0.5) is 0 Å². The molecule has 0 N–H and O–H groups in total. The van der Waals surface area contributed by atoms with Crippen molar-refractivity contribution >= 4 is 17.3 Å². The average Bonchev–Trinajstić information content (AvgIpc) is 3.55. The quantitative estimate of drug-likeness (QED) is 0.0740. The van der Waals surface area contributed by atoms with Crippen LogP contribution in [0.1, 0.15) is 158 Å². The average molecular weight is 619 g/mol. The molecule has 1 aromatic carbocycles. The van der Waals surface area contributed by atoms with Crippen LogP contribution in [-0.4, -0.2) is 22.0 Å². The second kappa shape index (κ2) is 22.1. The highest BCUT2D eigenvalue weighted by Gasteiger charge is 2.20. The third kappa shape index (κ3) is 13.2. The summed E-state index contributed by atoms with van der Waals surface area (Å²) in [6.45, 7) is 6.71. The maximum absolute atomic E-state index is 13.3. The first-order chi connectivity index (χ1) is 21.7. The van der Waals surface area contributed by atoms with E-state index in [0.717, 1.165) is 61.0 Å². The van der Waals surface area contributed by atoms with Crippen molar-refractivity contribution in [3.8, 4) is 22.5 Å². The first kappa shape index (κ1) is 35.9. The highest BCUT2D eigenvalue weighted by atomic mass is 32.1. The van der Waals surface area contributed by atoms with Gasteiger partial charge in [-0.3, -0.25) is 0 Å². The number of unbranched alkanes of at least 4 members (excludes halogenated alkanes) is 14. The van der Waals surface area contributed by atoms with Crippen LogP contribution in [0.2, 0.25) is 0 Å². The summed E-state index contributed by atoms with van der Waals surface area (Å²) in [7, 11) is 0. The number of nitrogens with zero attached hydrogens (tertiary/aromatic N) is 2. The molecule has 44 heavy (non-hydrogen) atoms. The number of carbonyl (C=O) groups is 1. The lowest BCUT2D eigenvalue weighted by Gasteiger charge is -2.18. The first-order valence-corrected chi connectivity index (χ1v) is 18.7. The second-order valence-electron chi connectivity index (χ2n) is 12.5. The Kier molecular flexibility index (Phi) is 18.0. The van der Waals surface area contributed by atoms with Crippen molar-refractivity contribution in [2.45, 2.75) is 155 Å². The highest BCUT2D eigenvalue weighted by Crippen LogP contribution is 2.31. The number of ether oxygens (including phenoxy) is 1. The molecule has 0 bridgehead atoms. The molecule has 242 valence electrons. The molecule has 0 aliphatic heterocycles. The number of aromatic nitrogens is 2. The van der Waals surface area contributed by atoms with Gasteiger partial charge in [0.1, 0.15) is 11.0 Å². The molecule has 4 nitrogen and oxygen atoms in total. The minimum absolute atomic E-state index is 0.00614. The molecule has 0 saturated carbocycles. The van der Waals surface area contributed by atoms with Crippen molar-refractivity contribution in [3.05, 3.63) is 58.5 Å². The summed E-state index contributed by atoms with van der Waals surface area (Å²) in [5.41, 5.74) is 4.16. The van der Waals surface area contributed by atoms with Crippen LogP contribution >= 0.6 is 11.3 Å². The summed E-state index contributed by atoms with van der Waals surface area (Å²) in [6.07, 6.45) is 28.8. The van der Waals surface area contributed by atoms with E-state index in [9.17, 15) is 4.79 Å². The van der Waals surface area contributed by atoms with Gasteiger partial charge < -0.3 is 4.74 Å². The molecule has 0 spiro atoms. The van der Waals surface area contributed by atoms with Gasteiger partial charge in [-0.25, -0.2) is 14.8 Å². The number of benzene rings is 1. The van der Waals surface area contributed by atoms with Crippen LogP contribution < -0.4 is 0 Å². The fourth-order valence-corrected chi connectivity index (χ4v) is 6.61. The number of thiophene rings is 1. The van der Waals surface area contributed by atoms with E-state index >= 15 is 0 Å². The standard InChI is InChI=1S/C39H58N2O2S/c1-4-7-10-12-13-14-15-16-18-19-21-32-30-40-38(41-31-32)34-26-24-33(25-27-34)36-28-29-44-37(36)39(42)43-35(22-9-6-3)23-20-17-11-8-5-2/h24-31,35H,4-23H2,1-3H3. The lowest BCUT2D eigenvalue weighted by molar-refractivity contribution is 0.0256. The molecule has 0 fully saturated rings. The smallest absolute Gasteiger partial charge is 0.349 e. The van der Waals surface area contributed by atoms with Crippen LogP contribution in [0, 0.1) is 0 Å². The van der Waals surface area contributed by atoms with Gasteiger partial charge >= 0.3 is 5.97 Å². The Hall–Kier alpha value is -2.53. The fraction of sp³-hybridized carbons (Fsp3) is 0.615. The summed E-state index contributed by atoms with van der Waals surface area (Å²) in [5, 5.41) is 1.99. The van der Waals surface area contributed by atoms with Gasteiger partial charge in [0.25, 0.3) is 0 Å². The van der Waals surface area contributed by atoms with E-state index in [4.69, 9.17) is 4.74 Å². The monoisotopic (exact) mass is 618 g/mol. The number of carbonyl (C=O) groups excluding carboxylic acids is 1. The zero-order chi connectivity index (χ0) is 31.2. The molecule has 0 aliphatic carbocycles. The maximum Gasteiger partial charge on any atom is 0.349 e. The SMILES string of the molecule is CCCCCCCCCCCCc1cnc(-c2ccc(-c3ccsc3C(=O)OC(CCCC)CCCCCCC)cc2)nc1. The lowest BCUT2D eigenvalue weighted by Crippen LogP contribution is -2.18. The largest absolute Gasteiger partial charge is 0.458 e. The number of esters is 1. The molecule has 3 aromatic rings. The van der Waals surface area contributed by atoms with Gasteiger partial charge in [-0.15, -0.1) is 11.3 Å². The molecule has 1 atom stereocenters. The van der Waals surface area contributed by atoms with E-state index in [1.54, 1.807) is 0 Å². The summed E-state index contributed by atoms with van der Waals surface area (Å²) >= 11 is 1.47. The number of aryl methyl sites for hydroxylation is 1. The topological polar surface area (TPSA) is 52.1 Å². The Morgan fingerprint density at radius 1 is 0.659 bits per heavy atom. The molecule has 0 saturated heterocycles. The van der Waals surface area contributed by atoms with Crippen molar-refractivity contribution in [2.75, 3.05) is 0 Å². The van der Waals surface area contributed by atoms with Crippen molar-refractivity contribution < 1.29 is 9.53 Å². The predicted octanol–water partition coefficient (Wildman–Crippen LogP) is 12.4. The van der Waals surface area contributed by atoms with Gasteiger partial charge in [0, 0.05) is 23.5 Å². The summed E-state index contributed by atoms with van der Waals surface area (Å²) in [4.78, 5) is 23.3. The minimum Gasteiger partial charge on any atom is -0.458 e. The van der Waals surface area contributed by atoms with Crippen LogP contribution in [0.25, 0.3) is 22.5 Å². The maximum atomic E-state index is 13.3. The summed E-state index contributed by atoms with van der Waals surface area (Å²) < 4.78 is 6.09. The summed E-state index contributed by atoms with van der Waals surface area (Å²) in [5.74, 6) is 0.557. The van der Waals surface area contributed by atoms with E-state index in [1.807, 2.05) is 23.8 Å². The Bertz CT molecular complexity index is 1160. The minimum atomic E-state index is -0.185. The van der Waals surface area contributed by atoms with Crippen LogP contribution in [0.15, 0.2) is 48.1 Å². The summed E-state index contributed by atoms with van der Waals surface area (Å²) in [6, 6.07) is 10.3. The number of rotatable bonds is 24. The normalized spacial score (nSPS) is 12.0. The van der Waals surface area contributed by atoms with Gasteiger partial charge in [0.2, 0.25) is 0 Å². The van der Waals surface area contributed by atoms with Gasteiger partial charge in [0.05, 0.1) is 0 Å².